The second-order valence-electron chi connectivity index (χ2n) is 4.65. The van der Waals surface area contributed by atoms with Gasteiger partial charge in [-0.15, -0.1) is 0 Å². The van der Waals surface area contributed by atoms with Crippen molar-refractivity contribution in [2.75, 3.05) is 13.2 Å². The first-order chi connectivity index (χ1) is 6.02. The van der Waals surface area contributed by atoms with E-state index in [9.17, 15) is 0 Å². The summed E-state index contributed by atoms with van der Waals surface area (Å²) in [5.41, 5.74) is 5.91. The fourth-order valence-electron chi connectivity index (χ4n) is 1.28. The lowest BCUT2D eigenvalue weighted by molar-refractivity contribution is 0.102. The molecule has 0 amide bonds. The van der Waals surface area contributed by atoms with Crippen LogP contribution < -0.4 is 5.73 Å². The molecule has 80 valence electrons. The largest absolute Gasteiger partial charge is 0.381 e. The fourth-order valence-corrected chi connectivity index (χ4v) is 1.28. The Kier molecular flexibility index (Phi) is 7.29. The maximum absolute atomic E-state index is 5.91. The Labute approximate surface area is 82.8 Å². The Bertz CT molecular complexity index is 113. The van der Waals surface area contributed by atoms with Gasteiger partial charge in [0.05, 0.1) is 0 Å². The van der Waals surface area contributed by atoms with Crippen molar-refractivity contribution in [2.24, 2.45) is 17.6 Å². The highest BCUT2D eigenvalue weighted by Gasteiger charge is 2.05. The van der Waals surface area contributed by atoms with Gasteiger partial charge < -0.3 is 10.5 Å². The molecule has 1 unspecified atom stereocenters. The molecule has 13 heavy (non-hydrogen) atoms. The molecule has 0 rings (SSSR count). The lowest BCUT2D eigenvalue weighted by Crippen LogP contribution is -2.24. The predicted molar refractivity (Wildman–Crippen MR) is 57.7 cm³/mol. The third-order valence-electron chi connectivity index (χ3n) is 1.86. The van der Waals surface area contributed by atoms with Crippen molar-refractivity contribution < 1.29 is 4.74 Å². The van der Waals surface area contributed by atoms with Crippen LogP contribution in [0.15, 0.2) is 0 Å². The molecule has 0 spiro atoms. The SMILES string of the molecule is CC(C)COCCC(N)CC(C)C. The molecular formula is C11H25NO. The normalized spacial score (nSPS) is 14.1. The van der Waals surface area contributed by atoms with E-state index in [0.717, 1.165) is 26.1 Å². The van der Waals surface area contributed by atoms with Crippen LogP contribution in [-0.2, 0) is 4.74 Å². The Morgan fingerprint density at radius 2 is 1.69 bits per heavy atom. The van der Waals surface area contributed by atoms with Gasteiger partial charge in [0.25, 0.3) is 0 Å². The van der Waals surface area contributed by atoms with Crippen LogP contribution in [0.3, 0.4) is 0 Å². The lowest BCUT2D eigenvalue weighted by Gasteiger charge is -2.14. The highest BCUT2D eigenvalue weighted by molar-refractivity contribution is 4.62. The quantitative estimate of drug-likeness (QED) is 0.621. The first-order valence-corrected chi connectivity index (χ1v) is 5.35. The molecule has 2 nitrogen and oxygen atoms in total. The molecule has 0 fully saturated rings. The minimum absolute atomic E-state index is 0.312. The maximum Gasteiger partial charge on any atom is 0.0489 e. The Morgan fingerprint density at radius 3 is 2.15 bits per heavy atom. The Balaban J connectivity index is 3.22. The molecule has 0 aromatic heterocycles. The number of hydrogen-bond donors (Lipinski definition) is 1. The van der Waals surface area contributed by atoms with Crippen LogP contribution in [-0.4, -0.2) is 19.3 Å². The third kappa shape index (κ3) is 9.84. The Morgan fingerprint density at radius 1 is 1.08 bits per heavy atom. The number of nitrogens with two attached hydrogens (primary N) is 1. The smallest absolute Gasteiger partial charge is 0.0489 e. The number of ether oxygens (including phenoxy) is 1. The van der Waals surface area contributed by atoms with E-state index in [1.54, 1.807) is 0 Å². The summed E-state index contributed by atoms with van der Waals surface area (Å²) in [5, 5.41) is 0. The molecule has 1 atom stereocenters. The van der Waals surface area contributed by atoms with Crippen molar-refractivity contribution in [2.45, 2.75) is 46.6 Å². The molecule has 0 aliphatic heterocycles. The topological polar surface area (TPSA) is 35.2 Å². The average molecular weight is 187 g/mol. The summed E-state index contributed by atoms with van der Waals surface area (Å²) < 4.78 is 5.47. The van der Waals surface area contributed by atoms with Crippen molar-refractivity contribution in [3.05, 3.63) is 0 Å². The van der Waals surface area contributed by atoms with E-state index in [2.05, 4.69) is 27.7 Å². The van der Waals surface area contributed by atoms with E-state index in [4.69, 9.17) is 10.5 Å². The molecular weight excluding hydrogens is 162 g/mol. The van der Waals surface area contributed by atoms with Gasteiger partial charge in [-0.25, -0.2) is 0 Å². The van der Waals surface area contributed by atoms with Crippen LogP contribution in [0.1, 0.15) is 40.5 Å². The van der Waals surface area contributed by atoms with E-state index in [1.165, 1.54) is 0 Å². The first kappa shape index (κ1) is 12.9. The van der Waals surface area contributed by atoms with E-state index in [-0.39, 0.29) is 0 Å². The average Bonchev–Trinajstić information content (AvgIpc) is 1.96. The van der Waals surface area contributed by atoms with E-state index in [1.807, 2.05) is 0 Å². The number of rotatable bonds is 7. The van der Waals surface area contributed by atoms with Crippen LogP contribution in [0, 0.1) is 11.8 Å². The molecule has 0 bridgehead atoms. The van der Waals surface area contributed by atoms with Crippen LogP contribution in [0.25, 0.3) is 0 Å². The zero-order valence-corrected chi connectivity index (χ0v) is 9.55. The van der Waals surface area contributed by atoms with Crippen LogP contribution in [0.4, 0.5) is 0 Å². The minimum atomic E-state index is 0.312. The standard InChI is InChI=1S/C11H25NO/c1-9(2)7-11(12)5-6-13-8-10(3)4/h9-11H,5-8,12H2,1-4H3. The monoisotopic (exact) mass is 187 g/mol. The van der Waals surface area contributed by atoms with E-state index < -0.39 is 0 Å². The van der Waals surface area contributed by atoms with Gasteiger partial charge in [-0.05, 0) is 24.7 Å². The van der Waals surface area contributed by atoms with Gasteiger partial charge >= 0.3 is 0 Å². The fraction of sp³-hybridized carbons (Fsp3) is 1.00. The third-order valence-corrected chi connectivity index (χ3v) is 1.86. The molecule has 0 aromatic rings. The molecule has 0 aliphatic carbocycles. The van der Waals surface area contributed by atoms with Crippen molar-refractivity contribution >= 4 is 0 Å². The lowest BCUT2D eigenvalue weighted by atomic mass is 10.0. The van der Waals surface area contributed by atoms with Crippen LogP contribution in [0.2, 0.25) is 0 Å². The predicted octanol–water partition coefficient (Wildman–Crippen LogP) is 2.42. The molecule has 0 saturated heterocycles. The second-order valence-corrected chi connectivity index (χ2v) is 4.65. The van der Waals surface area contributed by atoms with Crippen molar-refractivity contribution in [1.82, 2.24) is 0 Å². The summed E-state index contributed by atoms with van der Waals surface area (Å²) in [6, 6.07) is 0.312. The number of hydrogen-bond acceptors (Lipinski definition) is 2. The zero-order valence-electron chi connectivity index (χ0n) is 9.55. The van der Waals surface area contributed by atoms with Gasteiger partial charge in [0, 0.05) is 19.3 Å². The maximum atomic E-state index is 5.91. The van der Waals surface area contributed by atoms with Gasteiger partial charge in [0.2, 0.25) is 0 Å². The van der Waals surface area contributed by atoms with E-state index >= 15 is 0 Å². The van der Waals surface area contributed by atoms with Gasteiger partial charge in [0.15, 0.2) is 0 Å². The molecule has 0 aromatic carbocycles. The van der Waals surface area contributed by atoms with Gasteiger partial charge in [-0.3, -0.25) is 0 Å². The summed E-state index contributed by atoms with van der Waals surface area (Å²) >= 11 is 0. The summed E-state index contributed by atoms with van der Waals surface area (Å²) in [5.74, 6) is 1.32. The molecule has 0 radical (unpaired) electrons. The molecule has 0 aliphatic rings. The summed E-state index contributed by atoms with van der Waals surface area (Å²) in [7, 11) is 0. The highest BCUT2D eigenvalue weighted by atomic mass is 16.5. The van der Waals surface area contributed by atoms with Gasteiger partial charge in [-0.1, -0.05) is 27.7 Å². The van der Waals surface area contributed by atoms with Crippen molar-refractivity contribution in [3.8, 4) is 0 Å². The first-order valence-electron chi connectivity index (χ1n) is 5.35. The van der Waals surface area contributed by atoms with Gasteiger partial charge in [0.1, 0.15) is 0 Å². The Hall–Kier alpha value is -0.0800. The molecule has 2 heteroatoms. The van der Waals surface area contributed by atoms with Crippen LogP contribution >= 0.6 is 0 Å². The summed E-state index contributed by atoms with van der Waals surface area (Å²) in [4.78, 5) is 0. The summed E-state index contributed by atoms with van der Waals surface area (Å²) in [6.45, 7) is 10.4. The zero-order chi connectivity index (χ0) is 10.3. The van der Waals surface area contributed by atoms with Gasteiger partial charge in [-0.2, -0.15) is 0 Å². The van der Waals surface area contributed by atoms with Crippen molar-refractivity contribution in [1.29, 1.82) is 0 Å². The van der Waals surface area contributed by atoms with E-state index in [0.29, 0.717) is 17.9 Å². The summed E-state index contributed by atoms with van der Waals surface area (Å²) in [6.07, 6.45) is 2.09. The molecule has 2 N–H and O–H groups in total. The van der Waals surface area contributed by atoms with Crippen LogP contribution in [0.5, 0.6) is 0 Å². The molecule has 0 saturated carbocycles. The highest BCUT2D eigenvalue weighted by Crippen LogP contribution is 2.05. The second kappa shape index (κ2) is 7.34. The van der Waals surface area contributed by atoms with Crippen molar-refractivity contribution in [3.63, 3.8) is 0 Å². The molecule has 0 heterocycles. The minimum Gasteiger partial charge on any atom is -0.381 e.